The predicted octanol–water partition coefficient (Wildman–Crippen LogP) is -0.397. The summed E-state index contributed by atoms with van der Waals surface area (Å²) < 4.78 is 10.5. The van der Waals surface area contributed by atoms with Crippen LogP contribution in [0.15, 0.2) is 18.2 Å². The fourth-order valence-electron chi connectivity index (χ4n) is 3.29. The van der Waals surface area contributed by atoms with Crippen molar-refractivity contribution in [1.29, 1.82) is 0 Å². The van der Waals surface area contributed by atoms with Crippen LogP contribution in [-0.2, 0) is 16.1 Å². The van der Waals surface area contributed by atoms with E-state index in [1.807, 2.05) is 0 Å². The molecule has 0 bridgehead atoms. The van der Waals surface area contributed by atoms with Crippen LogP contribution in [0.4, 0.5) is 9.59 Å². The molecule has 11 heteroatoms. The number of nitrogens with one attached hydrogen (secondary N) is 2. The maximum Gasteiger partial charge on any atom is 0.405 e. The molecule has 0 spiro atoms. The molecule has 1 aromatic rings. The summed E-state index contributed by atoms with van der Waals surface area (Å²) >= 11 is 0. The van der Waals surface area contributed by atoms with Crippen LogP contribution in [0.25, 0.3) is 0 Å². The average Bonchev–Trinajstić information content (AvgIpc) is 3.00. The highest BCUT2D eigenvalue weighted by atomic mass is 16.5. The van der Waals surface area contributed by atoms with E-state index < -0.39 is 36.0 Å². The first-order valence-electron chi connectivity index (χ1n) is 8.44. The average molecular weight is 392 g/mol. The van der Waals surface area contributed by atoms with Gasteiger partial charge in [0.05, 0.1) is 33.4 Å². The summed E-state index contributed by atoms with van der Waals surface area (Å²) in [7, 11) is 3.00. The summed E-state index contributed by atoms with van der Waals surface area (Å²) in [6.07, 6.45) is -1.36. The molecule has 3 N–H and O–H groups in total. The molecule has 2 saturated heterocycles. The number of benzene rings is 1. The third-order valence-corrected chi connectivity index (χ3v) is 4.75. The third-order valence-electron chi connectivity index (χ3n) is 4.75. The monoisotopic (exact) mass is 392 g/mol. The van der Waals surface area contributed by atoms with Gasteiger partial charge in [-0.15, -0.1) is 0 Å². The molecule has 2 atom stereocenters. The molecule has 0 unspecified atom stereocenters. The molecule has 0 aromatic heterocycles. The van der Waals surface area contributed by atoms with E-state index in [4.69, 9.17) is 14.6 Å². The van der Waals surface area contributed by atoms with Crippen molar-refractivity contribution in [1.82, 2.24) is 20.4 Å². The van der Waals surface area contributed by atoms with Crippen molar-refractivity contribution in [3.05, 3.63) is 23.8 Å². The number of carbonyl (C=O) groups is 4. The van der Waals surface area contributed by atoms with E-state index in [2.05, 4.69) is 10.6 Å². The molecular formula is C17H20N4O7. The smallest absolute Gasteiger partial charge is 0.405 e. The number of likely N-dealkylation sites (tertiary alicyclic amines) is 1. The number of hydrogen-bond donors (Lipinski definition) is 3. The number of nitrogens with zero attached hydrogens (tertiary/aromatic N) is 2. The van der Waals surface area contributed by atoms with E-state index in [1.165, 1.54) is 19.1 Å². The maximum atomic E-state index is 12.5. The molecule has 0 aliphatic carbocycles. The van der Waals surface area contributed by atoms with Gasteiger partial charge in [-0.2, -0.15) is 0 Å². The largest absolute Gasteiger partial charge is 0.497 e. The predicted molar refractivity (Wildman–Crippen MR) is 93.9 cm³/mol. The minimum Gasteiger partial charge on any atom is -0.497 e. The summed E-state index contributed by atoms with van der Waals surface area (Å²) in [6.45, 7) is -0.110. The molecule has 0 saturated carbocycles. The second kappa shape index (κ2) is 7.62. The van der Waals surface area contributed by atoms with E-state index in [1.54, 1.807) is 18.2 Å². The van der Waals surface area contributed by atoms with E-state index in [0.717, 1.165) is 4.90 Å². The number of amides is 5. The van der Waals surface area contributed by atoms with Crippen LogP contribution in [0.3, 0.4) is 0 Å². The SMILES string of the molecule is COc1ccc(CN2C(=O)[C@@H](NC(=O)O)[C@@H]2CN2C(=O)CNC2=O)c(OC)c1. The normalized spacial score (nSPS) is 21.3. The molecule has 1 aromatic carbocycles. The highest BCUT2D eigenvalue weighted by molar-refractivity contribution is 6.02. The van der Waals surface area contributed by atoms with Crippen molar-refractivity contribution in [3.63, 3.8) is 0 Å². The molecule has 150 valence electrons. The van der Waals surface area contributed by atoms with Gasteiger partial charge in [0.2, 0.25) is 11.8 Å². The van der Waals surface area contributed by atoms with Gasteiger partial charge in [0, 0.05) is 18.2 Å². The van der Waals surface area contributed by atoms with Gasteiger partial charge in [-0.05, 0) is 12.1 Å². The van der Waals surface area contributed by atoms with Gasteiger partial charge in [-0.25, -0.2) is 9.59 Å². The van der Waals surface area contributed by atoms with Crippen molar-refractivity contribution in [2.24, 2.45) is 0 Å². The Bertz CT molecular complexity index is 812. The first-order chi connectivity index (χ1) is 13.3. The number of hydrogen-bond acceptors (Lipinski definition) is 6. The Balaban J connectivity index is 1.82. The summed E-state index contributed by atoms with van der Waals surface area (Å²) in [4.78, 5) is 49.6. The molecule has 3 rings (SSSR count). The first-order valence-corrected chi connectivity index (χ1v) is 8.44. The molecule has 2 fully saturated rings. The lowest BCUT2D eigenvalue weighted by atomic mass is 9.93. The minimum absolute atomic E-state index is 0.111. The molecule has 5 amide bonds. The Hall–Kier alpha value is -3.50. The summed E-state index contributed by atoms with van der Waals surface area (Å²) in [6, 6.07) is 2.81. The van der Waals surface area contributed by atoms with Crippen LogP contribution in [0.1, 0.15) is 5.56 Å². The lowest BCUT2D eigenvalue weighted by Gasteiger charge is -2.47. The van der Waals surface area contributed by atoms with Crippen molar-refractivity contribution in [3.8, 4) is 11.5 Å². The quantitative estimate of drug-likeness (QED) is 0.424. The zero-order valence-corrected chi connectivity index (χ0v) is 15.3. The van der Waals surface area contributed by atoms with Crippen molar-refractivity contribution < 1.29 is 33.8 Å². The maximum absolute atomic E-state index is 12.5. The number of urea groups is 1. The molecule has 28 heavy (non-hydrogen) atoms. The lowest BCUT2D eigenvalue weighted by molar-refractivity contribution is -0.153. The van der Waals surface area contributed by atoms with Crippen LogP contribution in [0.2, 0.25) is 0 Å². The van der Waals surface area contributed by atoms with Gasteiger partial charge in [0.15, 0.2) is 0 Å². The number of methoxy groups -OCH3 is 2. The molecular weight excluding hydrogens is 372 g/mol. The van der Waals surface area contributed by atoms with Crippen LogP contribution in [0.5, 0.6) is 11.5 Å². The Labute approximate surface area is 160 Å². The Morgan fingerprint density at radius 1 is 1.29 bits per heavy atom. The molecule has 2 aliphatic heterocycles. The first kappa shape index (κ1) is 19.3. The van der Waals surface area contributed by atoms with Gasteiger partial charge >= 0.3 is 12.1 Å². The van der Waals surface area contributed by atoms with E-state index >= 15 is 0 Å². The van der Waals surface area contributed by atoms with Crippen molar-refractivity contribution in [2.75, 3.05) is 27.3 Å². The Kier molecular flexibility index (Phi) is 5.25. The van der Waals surface area contributed by atoms with E-state index in [9.17, 15) is 19.2 Å². The zero-order valence-electron chi connectivity index (χ0n) is 15.3. The highest BCUT2D eigenvalue weighted by Crippen LogP contribution is 2.30. The second-order valence-electron chi connectivity index (χ2n) is 6.30. The van der Waals surface area contributed by atoms with Gasteiger partial charge in [-0.3, -0.25) is 14.5 Å². The number of carboxylic acid groups (broad SMARTS) is 1. The van der Waals surface area contributed by atoms with Gasteiger partial charge in [-0.1, -0.05) is 0 Å². The topological polar surface area (TPSA) is 138 Å². The Morgan fingerprint density at radius 2 is 2.04 bits per heavy atom. The lowest BCUT2D eigenvalue weighted by Crippen LogP contribution is -2.73. The van der Waals surface area contributed by atoms with E-state index in [0.29, 0.717) is 17.1 Å². The fourth-order valence-corrected chi connectivity index (χ4v) is 3.29. The molecule has 11 nitrogen and oxygen atoms in total. The molecule has 0 radical (unpaired) electrons. The molecule has 2 heterocycles. The highest BCUT2D eigenvalue weighted by Gasteiger charge is 2.50. The van der Waals surface area contributed by atoms with Crippen molar-refractivity contribution in [2.45, 2.75) is 18.6 Å². The Morgan fingerprint density at radius 3 is 2.61 bits per heavy atom. The van der Waals surface area contributed by atoms with Crippen LogP contribution in [0, 0.1) is 0 Å². The van der Waals surface area contributed by atoms with Gasteiger partial charge < -0.3 is 30.1 Å². The van der Waals surface area contributed by atoms with Crippen molar-refractivity contribution >= 4 is 23.9 Å². The number of carbonyl (C=O) groups excluding carboxylic acids is 3. The summed E-state index contributed by atoms with van der Waals surface area (Å²) in [5.74, 6) is 0.199. The van der Waals surface area contributed by atoms with Gasteiger partial charge in [0.1, 0.15) is 17.5 Å². The number of β-lactam (4-membered cyclic amide) rings is 1. The number of rotatable bonds is 7. The molecule has 2 aliphatic rings. The number of ether oxygens (including phenoxy) is 2. The summed E-state index contributed by atoms with van der Waals surface area (Å²) in [5.41, 5.74) is 0.674. The summed E-state index contributed by atoms with van der Waals surface area (Å²) in [5, 5.41) is 13.5. The van der Waals surface area contributed by atoms with Crippen LogP contribution in [-0.4, -0.2) is 78.2 Å². The fraction of sp³-hybridized carbons (Fsp3) is 0.412. The van der Waals surface area contributed by atoms with Crippen LogP contribution >= 0.6 is 0 Å². The van der Waals surface area contributed by atoms with Crippen LogP contribution < -0.4 is 20.1 Å². The van der Waals surface area contributed by atoms with E-state index in [-0.39, 0.29) is 19.6 Å². The van der Waals surface area contributed by atoms with Gasteiger partial charge in [0.25, 0.3) is 0 Å². The second-order valence-corrected chi connectivity index (χ2v) is 6.30. The zero-order chi connectivity index (χ0) is 20.4. The standard InChI is InChI=1S/C17H20N4O7/c1-27-10-4-3-9(12(5-10)28-2)7-20-11(14(15(20)23)19-17(25)26)8-21-13(22)6-18-16(21)24/h3-5,11,14,19H,6-8H2,1-2H3,(H,18,24)(H,25,26)/t11-,14-/m0/s1. The minimum atomic E-state index is -1.36. The third kappa shape index (κ3) is 3.50. The number of imide groups is 1.